The van der Waals surface area contributed by atoms with Crippen molar-refractivity contribution in [2.24, 2.45) is 0 Å². The lowest BCUT2D eigenvalue weighted by Crippen LogP contribution is -2.33. The third-order valence-electron chi connectivity index (χ3n) is 1.91. The van der Waals surface area contributed by atoms with Crippen LogP contribution in [0.3, 0.4) is 0 Å². The Morgan fingerprint density at radius 3 is 2.54 bits per heavy atom. The molecular formula is C12H11N. The Morgan fingerprint density at radius 2 is 1.85 bits per heavy atom. The van der Waals surface area contributed by atoms with E-state index in [2.05, 4.69) is 30.5 Å². The highest BCUT2D eigenvalue weighted by Crippen LogP contribution is 1.96. The first-order valence-corrected chi connectivity index (χ1v) is 4.35. The molecule has 0 spiro atoms. The molecule has 1 aromatic heterocycles. The van der Waals surface area contributed by atoms with Crippen molar-refractivity contribution in [1.29, 1.82) is 0 Å². The van der Waals surface area contributed by atoms with E-state index in [-0.39, 0.29) is 0 Å². The maximum absolute atomic E-state index is 3.13. The summed E-state index contributed by atoms with van der Waals surface area (Å²) in [6, 6.07) is 16.3. The summed E-state index contributed by atoms with van der Waals surface area (Å²) in [5.41, 5.74) is 1.30. The van der Waals surface area contributed by atoms with Crippen LogP contribution in [0.4, 0.5) is 0 Å². The van der Waals surface area contributed by atoms with Crippen LogP contribution < -0.4 is 4.57 Å². The predicted molar refractivity (Wildman–Crippen MR) is 51.0 cm³/mol. The minimum Gasteiger partial charge on any atom is -0.307 e. The molecule has 0 fully saturated rings. The van der Waals surface area contributed by atoms with Crippen molar-refractivity contribution < 1.29 is 4.57 Å². The molecule has 1 aromatic carbocycles. The van der Waals surface area contributed by atoms with Crippen LogP contribution >= 0.6 is 0 Å². The Labute approximate surface area is 78.3 Å². The average Bonchev–Trinajstić information content (AvgIpc) is 2.21. The second-order valence-corrected chi connectivity index (χ2v) is 2.94. The monoisotopic (exact) mass is 169 g/mol. The lowest BCUT2D eigenvalue weighted by molar-refractivity contribution is -0.692. The van der Waals surface area contributed by atoms with Crippen molar-refractivity contribution in [3.05, 3.63) is 66.5 Å². The molecule has 0 aliphatic rings. The fraction of sp³-hybridized carbons (Fsp3) is 0.0833. The predicted octanol–water partition coefficient (Wildman–Crippen LogP) is 1.82. The van der Waals surface area contributed by atoms with E-state index in [9.17, 15) is 0 Å². The molecule has 0 amide bonds. The summed E-state index contributed by atoms with van der Waals surface area (Å²) in [5, 5.41) is 0. The van der Waals surface area contributed by atoms with Gasteiger partial charge in [0.15, 0.2) is 6.54 Å². The molecular weight excluding hydrogens is 158 g/mol. The van der Waals surface area contributed by atoms with Crippen molar-refractivity contribution in [2.75, 3.05) is 0 Å². The zero-order valence-electron chi connectivity index (χ0n) is 7.35. The molecule has 1 heterocycles. The van der Waals surface area contributed by atoms with Gasteiger partial charge < -0.3 is 4.57 Å². The quantitative estimate of drug-likeness (QED) is 0.477. The van der Waals surface area contributed by atoms with E-state index in [0.717, 1.165) is 6.54 Å². The molecule has 0 bridgehead atoms. The van der Waals surface area contributed by atoms with Crippen LogP contribution in [-0.2, 0) is 6.54 Å². The smallest absolute Gasteiger partial charge is 0.151 e. The van der Waals surface area contributed by atoms with Crippen LogP contribution in [0, 0.1) is 6.20 Å². The summed E-state index contributed by atoms with van der Waals surface area (Å²) >= 11 is 0. The van der Waals surface area contributed by atoms with Gasteiger partial charge in [-0.25, -0.2) is 0 Å². The van der Waals surface area contributed by atoms with Crippen LogP contribution in [-0.4, -0.2) is 0 Å². The number of aromatic nitrogens is 1. The van der Waals surface area contributed by atoms with Crippen molar-refractivity contribution in [2.45, 2.75) is 6.54 Å². The van der Waals surface area contributed by atoms with Crippen LogP contribution in [0.15, 0.2) is 54.7 Å². The average molecular weight is 169 g/mol. The third-order valence-corrected chi connectivity index (χ3v) is 1.91. The molecule has 0 atom stereocenters. The number of rotatable bonds is 2. The lowest BCUT2D eigenvalue weighted by atomic mass is 10.2. The van der Waals surface area contributed by atoms with Gasteiger partial charge in [0.25, 0.3) is 0 Å². The fourth-order valence-corrected chi connectivity index (χ4v) is 1.27. The molecule has 0 unspecified atom stereocenters. The number of pyridine rings is 1. The summed E-state index contributed by atoms with van der Waals surface area (Å²) in [7, 11) is 0. The second-order valence-electron chi connectivity index (χ2n) is 2.94. The molecule has 1 nitrogen and oxygen atoms in total. The Balaban J connectivity index is 2.16. The van der Waals surface area contributed by atoms with E-state index in [1.807, 2.05) is 35.0 Å². The molecule has 0 aliphatic carbocycles. The molecule has 0 radical (unpaired) electrons. The van der Waals surface area contributed by atoms with Gasteiger partial charge in [0.05, 0.1) is 6.20 Å². The van der Waals surface area contributed by atoms with Gasteiger partial charge >= 0.3 is 0 Å². The van der Waals surface area contributed by atoms with Gasteiger partial charge in [-0.05, 0) is 0 Å². The normalized spacial score (nSPS) is 9.85. The zero-order chi connectivity index (χ0) is 8.93. The first-order valence-electron chi connectivity index (χ1n) is 4.35. The molecule has 2 rings (SSSR count). The van der Waals surface area contributed by atoms with Crippen molar-refractivity contribution in [1.82, 2.24) is 0 Å². The minimum absolute atomic E-state index is 0.891. The van der Waals surface area contributed by atoms with E-state index < -0.39 is 0 Å². The Hall–Kier alpha value is -1.63. The van der Waals surface area contributed by atoms with E-state index >= 15 is 0 Å². The van der Waals surface area contributed by atoms with E-state index in [1.165, 1.54) is 5.56 Å². The molecule has 0 saturated heterocycles. The number of nitrogens with zero attached hydrogens (tertiary/aromatic N) is 1. The number of hydrogen-bond acceptors (Lipinski definition) is 0. The molecule has 0 aliphatic heterocycles. The van der Waals surface area contributed by atoms with Crippen molar-refractivity contribution in [3.63, 3.8) is 0 Å². The molecule has 2 aromatic rings. The second kappa shape index (κ2) is 3.85. The van der Waals surface area contributed by atoms with E-state index in [1.54, 1.807) is 0 Å². The SMILES string of the molecule is [c-]1cccc[n+]1Cc1ccccc1. The molecule has 13 heavy (non-hydrogen) atoms. The fourth-order valence-electron chi connectivity index (χ4n) is 1.27. The highest BCUT2D eigenvalue weighted by Gasteiger charge is 1.94. The third kappa shape index (κ3) is 2.15. The maximum atomic E-state index is 3.13. The Kier molecular flexibility index (Phi) is 2.37. The van der Waals surface area contributed by atoms with Gasteiger partial charge in [-0.2, -0.15) is 6.07 Å². The summed E-state index contributed by atoms with van der Waals surface area (Å²) in [6.45, 7) is 0.891. The Bertz CT molecular complexity index is 316. The highest BCUT2D eigenvalue weighted by molar-refractivity contribution is 5.13. The number of benzene rings is 1. The summed E-state index contributed by atoms with van der Waals surface area (Å²) in [6.07, 6.45) is 5.15. The lowest BCUT2D eigenvalue weighted by Gasteiger charge is -2.00. The number of hydrogen-bond donors (Lipinski definition) is 0. The van der Waals surface area contributed by atoms with Gasteiger partial charge in [0, 0.05) is 5.56 Å². The van der Waals surface area contributed by atoms with Gasteiger partial charge in [-0.3, -0.25) is 0 Å². The van der Waals surface area contributed by atoms with Crippen LogP contribution in [0.25, 0.3) is 0 Å². The van der Waals surface area contributed by atoms with Gasteiger partial charge in [0.1, 0.15) is 6.20 Å². The Morgan fingerprint density at radius 1 is 1.00 bits per heavy atom. The zero-order valence-corrected chi connectivity index (χ0v) is 7.35. The highest BCUT2D eigenvalue weighted by atomic mass is 14.9. The van der Waals surface area contributed by atoms with Gasteiger partial charge in [-0.1, -0.05) is 30.3 Å². The molecule has 64 valence electrons. The van der Waals surface area contributed by atoms with Gasteiger partial charge in [-0.15, -0.1) is 12.1 Å². The van der Waals surface area contributed by atoms with E-state index in [4.69, 9.17) is 0 Å². The topological polar surface area (TPSA) is 3.88 Å². The summed E-state index contributed by atoms with van der Waals surface area (Å²) < 4.78 is 2.04. The maximum Gasteiger partial charge on any atom is 0.151 e. The minimum atomic E-state index is 0.891. The molecule has 1 heteroatoms. The first-order chi connectivity index (χ1) is 6.45. The summed E-state index contributed by atoms with van der Waals surface area (Å²) in [4.78, 5) is 0. The van der Waals surface area contributed by atoms with Gasteiger partial charge in [0.2, 0.25) is 0 Å². The molecule has 0 saturated carbocycles. The first kappa shape index (κ1) is 7.99. The molecule has 0 N–H and O–H groups in total. The van der Waals surface area contributed by atoms with Crippen LogP contribution in [0.2, 0.25) is 0 Å². The van der Waals surface area contributed by atoms with Crippen molar-refractivity contribution >= 4 is 0 Å². The van der Waals surface area contributed by atoms with Crippen molar-refractivity contribution in [3.8, 4) is 0 Å². The van der Waals surface area contributed by atoms with Crippen LogP contribution in [0.1, 0.15) is 5.56 Å². The van der Waals surface area contributed by atoms with Crippen LogP contribution in [0.5, 0.6) is 0 Å². The van der Waals surface area contributed by atoms with E-state index in [0.29, 0.717) is 0 Å². The largest absolute Gasteiger partial charge is 0.307 e. The standard InChI is InChI=1S/C12H11N/c1-3-7-12(8-4-1)11-13-9-5-2-6-10-13/h1-9H,11H2. The summed E-state index contributed by atoms with van der Waals surface area (Å²) in [5.74, 6) is 0.